The Morgan fingerprint density at radius 1 is 1.39 bits per heavy atom. The van der Waals surface area contributed by atoms with Gasteiger partial charge in [-0.1, -0.05) is 11.6 Å². The highest BCUT2D eigenvalue weighted by molar-refractivity contribution is 7.71. The van der Waals surface area contributed by atoms with Gasteiger partial charge >= 0.3 is 0 Å². The molecule has 1 N–H and O–H groups in total. The summed E-state index contributed by atoms with van der Waals surface area (Å²) in [5.74, 6) is 1.54. The predicted octanol–water partition coefficient (Wildman–Crippen LogP) is 3.33. The number of benzene rings is 1. The normalized spacial score (nSPS) is 10.7. The molecule has 0 saturated heterocycles. The Hall–Kier alpha value is -1.33. The van der Waals surface area contributed by atoms with Crippen molar-refractivity contribution in [2.24, 2.45) is 7.05 Å². The number of ether oxygens (including phenoxy) is 1. The third-order valence-corrected chi connectivity index (χ3v) is 3.71. The number of halogens is 1. The number of hydrogen-bond acceptors (Lipinski definition) is 3. The summed E-state index contributed by atoms with van der Waals surface area (Å²) in [5, 5.41) is 7.59. The first-order valence-electron chi connectivity index (χ1n) is 5.49. The summed E-state index contributed by atoms with van der Waals surface area (Å²) in [6.07, 6.45) is 0. The predicted molar refractivity (Wildman–Crippen MR) is 73.7 cm³/mol. The van der Waals surface area contributed by atoms with Gasteiger partial charge in [0.15, 0.2) is 10.6 Å². The van der Waals surface area contributed by atoms with E-state index in [1.165, 1.54) is 0 Å². The van der Waals surface area contributed by atoms with Crippen LogP contribution >= 0.6 is 23.8 Å². The molecule has 0 radical (unpaired) electrons. The molecule has 0 aliphatic rings. The van der Waals surface area contributed by atoms with Gasteiger partial charge in [-0.2, -0.15) is 5.10 Å². The minimum absolute atomic E-state index is 0.365. The zero-order valence-corrected chi connectivity index (χ0v) is 12.0. The van der Waals surface area contributed by atoms with Gasteiger partial charge in [-0.15, -0.1) is 0 Å². The van der Waals surface area contributed by atoms with Crippen LogP contribution in [0, 0.1) is 18.6 Å². The summed E-state index contributed by atoms with van der Waals surface area (Å²) in [5.41, 5.74) is 2.00. The fourth-order valence-electron chi connectivity index (χ4n) is 1.65. The van der Waals surface area contributed by atoms with E-state index in [9.17, 15) is 0 Å². The molecule has 0 fully saturated rings. The van der Waals surface area contributed by atoms with Crippen LogP contribution in [-0.4, -0.2) is 14.8 Å². The second-order valence-corrected chi connectivity index (χ2v) is 4.93. The van der Waals surface area contributed by atoms with Crippen molar-refractivity contribution in [3.8, 4) is 5.75 Å². The van der Waals surface area contributed by atoms with Gasteiger partial charge in [0.05, 0.1) is 0 Å². The highest BCUT2D eigenvalue weighted by Gasteiger charge is 2.06. The minimum Gasteiger partial charge on any atom is -0.486 e. The van der Waals surface area contributed by atoms with Crippen LogP contribution in [0.1, 0.15) is 17.0 Å². The Labute approximate surface area is 116 Å². The van der Waals surface area contributed by atoms with Crippen molar-refractivity contribution in [1.29, 1.82) is 0 Å². The summed E-state index contributed by atoms with van der Waals surface area (Å²) in [4.78, 5) is 0. The Kier molecular flexibility index (Phi) is 3.73. The summed E-state index contributed by atoms with van der Waals surface area (Å²) >= 11 is 11.1. The topological polar surface area (TPSA) is 42.8 Å². The van der Waals surface area contributed by atoms with Gasteiger partial charge in [0.25, 0.3) is 0 Å². The van der Waals surface area contributed by atoms with E-state index < -0.39 is 0 Å². The minimum atomic E-state index is 0.365. The molecule has 0 amide bonds. The lowest BCUT2D eigenvalue weighted by atomic mass is 10.1. The third kappa shape index (κ3) is 2.57. The Morgan fingerprint density at radius 2 is 2.00 bits per heavy atom. The molecule has 0 spiro atoms. The number of nitrogens with zero attached hydrogens (tertiary/aromatic N) is 2. The molecule has 6 heteroatoms. The zero-order chi connectivity index (χ0) is 13.3. The van der Waals surface area contributed by atoms with Crippen LogP contribution in [0.15, 0.2) is 12.1 Å². The van der Waals surface area contributed by atoms with Crippen LogP contribution in [0.4, 0.5) is 0 Å². The maximum absolute atomic E-state index is 6.10. The molecule has 4 nitrogen and oxygen atoms in total. The van der Waals surface area contributed by atoms with Gasteiger partial charge in [0.1, 0.15) is 12.4 Å². The quantitative estimate of drug-likeness (QED) is 0.879. The van der Waals surface area contributed by atoms with Gasteiger partial charge in [-0.25, -0.2) is 0 Å². The molecule has 96 valence electrons. The Bertz CT molecular complexity index is 609. The monoisotopic (exact) mass is 283 g/mol. The standard InChI is InChI=1S/C12H14ClN3OS/c1-7-4-9(5-8(2)11(7)13)17-6-10-14-15-12(18)16(10)3/h4-5H,6H2,1-3H3,(H,15,18). The van der Waals surface area contributed by atoms with Gasteiger partial charge in [0.2, 0.25) is 0 Å². The summed E-state index contributed by atoms with van der Waals surface area (Å²) in [6.45, 7) is 4.28. The van der Waals surface area contributed by atoms with Crippen LogP contribution in [-0.2, 0) is 13.7 Å². The second-order valence-electron chi connectivity index (χ2n) is 4.16. The molecule has 1 aromatic heterocycles. The maximum atomic E-state index is 6.10. The number of aryl methyl sites for hydroxylation is 2. The molecular formula is C12H14ClN3OS. The van der Waals surface area contributed by atoms with E-state index in [0.29, 0.717) is 11.4 Å². The van der Waals surface area contributed by atoms with Gasteiger partial charge in [0, 0.05) is 12.1 Å². The second kappa shape index (κ2) is 5.12. The number of nitrogens with one attached hydrogen (secondary N) is 1. The van der Waals surface area contributed by atoms with Crippen LogP contribution in [0.3, 0.4) is 0 Å². The molecule has 1 heterocycles. The van der Waals surface area contributed by atoms with Crippen molar-refractivity contribution in [2.45, 2.75) is 20.5 Å². The SMILES string of the molecule is Cc1cc(OCc2n[nH]c(=S)n2C)cc(C)c1Cl. The molecule has 0 aliphatic heterocycles. The maximum Gasteiger partial charge on any atom is 0.194 e. The first kappa shape index (κ1) is 13.1. The summed E-state index contributed by atoms with van der Waals surface area (Å²) in [7, 11) is 1.85. The van der Waals surface area contributed by atoms with Crippen molar-refractivity contribution in [3.63, 3.8) is 0 Å². The van der Waals surface area contributed by atoms with Crippen molar-refractivity contribution in [3.05, 3.63) is 38.9 Å². The molecule has 0 unspecified atom stereocenters. The van der Waals surface area contributed by atoms with Gasteiger partial charge in [-0.05, 0) is 49.3 Å². The van der Waals surface area contributed by atoms with E-state index in [1.807, 2.05) is 33.0 Å². The highest BCUT2D eigenvalue weighted by atomic mass is 35.5. The van der Waals surface area contributed by atoms with Crippen LogP contribution in [0.2, 0.25) is 5.02 Å². The van der Waals surface area contributed by atoms with Crippen molar-refractivity contribution < 1.29 is 4.74 Å². The Balaban J connectivity index is 2.16. The largest absolute Gasteiger partial charge is 0.486 e. The summed E-state index contributed by atoms with van der Waals surface area (Å²) in [6, 6.07) is 3.83. The number of H-pyrrole nitrogens is 1. The van der Waals surface area contributed by atoms with E-state index in [1.54, 1.807) is 4.57 Å². The molecule has 0 aliphatic carbocycles. The molecule has 0 bridgehead atoms. The average molecular weight is 284 g/mol. The van der Waals surface area contributed by atoms with Crippen molar-refractivity contribution in [1.82, 2.24) is 14.8 Å². The lowest BCUT2D eigenvalue weighted by Gasteiger charge is -2.09. The number of aromatic nitrogens is 3. The van der Waals surface area contributed by atoms with E-state index in [4.69, 9.17) is 28.6 Å². The molecule has 0 saturated carbocycles. The lowest BCUT2D eigenvalue weighted by Crippen LogP contribution is -2.04. The average Bonchev–Trinajstić information content (AvgIpc) is 2.64. The fraction of sp³-hybridized carbons (Fsp3) is 0.333. The fourth-order valence-corrected chi connectivity index (χ4v) is 1.91. The number of aromatic amines is 1. The van der Waals surface area contributed by atoms with Crippen molar-refractivity contribution in [2.75, 3.05) is 0 Å². The molecule has 18 heavy (non-hydrogen) atoms. The van der Waals surface area contributed by atoms with E-state index in [0.717, 1.165) is 27.7 Å². The summed E-state index contributed by atoms with van der Waals surface area (Å²) < 4.78 is 8.06. The third-order valence-electron chi connectivity index (χ3n) is 2.75. The van der Waals surface area contributed by atoms with Crippen LogP contribution < -0.4 is 4.74 Å². The van der Waals surface area contributed by atoms with E-state index in [-0.39, 0.29) is 0 Å². The number of rotatable bonds is 3. The van der Waals surface area contributed by atoms with Crippen molar-refractivity contribution >= 4 is 23.8 Å². The molecule has 2 aromatic rings. The van der Waals surface area contributed by atoms with E-state index >= 15 is 0 Å². The number of hydrogen-bond donors (Lipinski definition) is 1. The van der Waals surface area contributed by atoms with Crippen LogP contribution in [0.25, 0.3) is 0 Å². The van der Waals surface area contributed by atoms with Crippen LogP contribution in [0.5, 0.6) is 5.75 Å². The smallest absolute Gasteiger partial charge is 0.194 e. The highest BCUT2D eigenvalue weighted by Crippen LogP contribution is 2.26. The molecular weight excluding hydrogens is 270 g/mol. The Morgan fingerprint density at radius 3 is 2.50 bits per heavy atom. The molecule has 2 rings (SSSR count). The molecule has 0 atom stereocenters. The first-order valence-corrected chi connectivity index (χ1v) is 6.27. The molecule has 1 aromatic carbocycles. The van der Waals surface area contributed by atoms with E-state index in [2.05, 4.69) is 10.2 Å². The van der Waals surface area contributed by atoms with Gasteiger partial charge in [-0.3, -0.25) is 5.10 Å². The lowest BCUT2D eigenvalue weighted by molar-refractivity contribution is 0.291. The zero-order valence-electron chi connectivity index (χ0n) is 10.5. The first-order chi connectivity index (χ1) is 8.49. The van der Waals surface area contributed by atoms with Gasteiger partial charge < -0.3 is 9.30 Å².